The molecule has 0 saturated carbocycles. The predicted octanol–water partition coefficient (Wildman–Crippen LogP) is 1.72. The summed E-state index contributed by atoms with van der Waals surface area (Å²) >= 11 is 0. The molecule has 60 valence electrons. The molecule has 1 heterocycles. The Morgan fingerprint density at radius 2 is 2.10 bits per heavy atom. The molecule has 10 heavy (non-hydrogen) atoms. The van der Waals surface area contributed by atoms with Gasteiger partial charge in [-0.3, -0.25) is 4.84 Å². The summed E-state index contributed by atoms with van der Waals surface area (Å²) < 4.78 is 12.4. The van der Waals surface area contributed by atoms with Crippen molar-refractivity contribution in [2.75, 3.05) is 6.54 Å². The third kappa shape index (κ3) is 1.67. The quantitative estimate of drug-likeness (QED) is 0.517. The zero-order valence-electron chi connectivity index (χ0n) is 6.72. The summed E-state index contributed by atoms with van der Waals surface area (Å²) in [5.74, 6) is 0. The van der Waals surface area contributed by atoms with Crippen molar-refractivity contribution in [3.8, 4) is 0 Å². The van der Waals surface area contributed by atoms with Crippen molar-refractivity contribution < 1.29 is 9.23 Å². The van der Waals surface area contributed by atoms with Crippen molar-refractivity contribution >= 4 is 0 Å². The topological polar surface area (TPSA) is 12.5 Å². The van der Waals surface area contributed by atoms with Gasteiger partial charge in [0.05, 0.1) is 0 Å². The van der Waals surface area contributed by atoms with Gasteiger partial charge in [0.1, 0.15) is 0 Å². The first-order valence-electron chi connectivity index (χ1n) is 3.58. The van der Waals surface area contributed by atoms with Crippen molar-refractivity contribution in [1.82, 2.24) is 5.06 Å². The largest absolute Gasteiger partial charge is 0.261 e. The van der Waals surface area contributed by atoms with Gasteiger partial charge in [-0.05, 0) is 20.8 Å². The zero-order chi connectivity index (χ0) is 7.78. The molecule has 0 aliphatic carbocycles. The Kier molecular flexibility index (Phi) is 1.97. The second-order valence-corrected chi connectivity index (χ2v) is 3.58. The molecule has 0 radical (unpaired) electrons. The van der Waals surface area contributed by atoms with Crippen LogP contribution in [-0.4, -0.2) is 23.5 Å². The Bertz CT molecular complexity index is 121. The van der Waals surface area contributed by atoms with E-state index in [4.69, 9.17) is 4.84 Å². The van der Waals surface area contributed by atoms with Crippen molar-refractivity contribution in [3.63, 3.8) is 0 Å². The van der Waals surface area contributed by atoms with Crippen LogP contribution in [-0.2, 0) is 4.84 Å². The molecule has 0 bridgehead atoms. The highest BCUT2D eigenvalue weighted by molar-refractivity contribution is 4.73. The highest BCUT2D eigenvalue weighted by atomic mass is 19.1. The van der Waals surface area contributed by atoms with Gasteiger partial charge < -0.3 is 0 Å². The molecule has 0 aromatic carbocycles. The first-order valence-corrected chi connectivity index (χ1v) is 3.58. The lowest BCUT2D eigenvalue weighted by Gasteiger charge is -2.29. The number of nitrogens with zero attached hydrogens (tertiary/aromatic N) is 1. The van der Waals surface area contributed by atoms with Gasteiger partial charge in [-0.1, -0.05) is 0 Å². The summed E-state index contributed by atoms with van der Waals surface area (Å²) in [6.07, 6.45) is -0.587. The number of rotatable bonds is 0. The Morgan fingerprint density at radius 1 is 1.50 bits per heavy atom. The highest BCUT2D eigenvalue weighted by Gasteiger charge is 2.31. The predicted molar refractivity (Wildman–Crippen MR) is 37.1 cm³/mol. The van der Waals surface area contributed by atoms with Crippen molar-refractivity contribution in [2.45, 2.75) is 39.1 Å². The molecule has 0 amide bonds. The van der Waals surface area contributed by atoms with E-state index in [1.807, 2.05) is 20.8 Å². The molecule has 2 nitrogen and oxygen atoms in total. The van der Waals surface area contributed by atoms with Gasteiger partial charge in [-0.15, -0.1) is 0 Å². The van der Waals surface area contributed by atoms with Crippen LogP contribution in [0.4, 0.5) is 4.39 Å². The fraction of sp³-hybridized carbons (Fsp3) is 1.00. The fourth-order valence-electron chi connectivity index (χ4n) is 0.956. The summed E-state index contributed by atoms with van der Waals surface area (Å²) in [5, 5.41) is 1.69. The van der Waals surface area contributed by atoms with Crippen LogP contribution in [0.3, 0.4) is 0 Å². The lowest BCUT2D eigenvalue weighted by molar-refractivity contribution is -0.224. The Hall–Kier alpha value is -0.150. The van der Waals surface area contributed by atoms with Gasteiger partial charge in [0.25, 0.3) is 0 Å². The second-order valence-electron chi connectivity index (χ2n) is 3.58. The van der Waals surface area contributed by atoms with E-state index in [1.165, 1.54) is 0 Å². The SMILES string of the molecule is CC(C)(C)N1CCC(F)O1. The third-order valence-corrected chi connectivity index (χ3v) is 1.55. The molecule has 0 aromatic heterocycles. The van der Waals surface area contributed by atoms with E-state index >= 15 is 0 Å². The van der Waals surface area contributed by atoms with Crippen molar-refractivity contribution in [1.29, 1.82) is 0 Å². The second kappa shape index (κ2) is 2.47. The van der Waals surface area contributed by atoms with E-state index in [1.54, 1.807) is 5.06 Å². The van der Waals surface area contributed by atoms with Gasteiger partial charge in [0.2, 0.25) is 6.36 Å². The van der Waals surface area contributed by atoms with E-state index in [-0.39, 0.29) is 5.54 Å². The molecule has 1 unspecified atom stereocenters. The monoisotopic (exact) mass is 147 g/mol. The minimum absolute atomic E-state index is 0.0686. The summed E-state index contributed by atoms with van der Waals surface area (Å²) in [6.45, 7) is 6.71. The molecule has 1 aliphatic rings. The summed E-state index contributed by atoms with van der Waals surface area (Å²) in [4.78, 5) is 4.89. The summed E-state index contributed by atoms with van der Waals surface area (Å²) in [6, 6.07) is 0. The van der Waals surface area contributed by atoms with E-state index in [9.17, 15) is 4.39 Å². The summed E-state index contributed by atoms with van der Waals surface area (Å²) in [7, 11) is 0. The Labute approximate surface area is 60.9 Å². The molecule has 3 heteroatoms. The van der Waals surface area contributed by atoms with Crippen LogP contribution in [0.15, 0.2) is 0 Å². The molecule has 0 N–H and O–H groups in total. The van der Waals surface area contributed by atoms with Crippen LogP contribution in [0.1, 0.15) is 27.2 Å². The maximum absolute atomic E-state index is 12.4. The zero-order valence-corrected chi connectivity index (χ0v) is 6.72. The number of hydrogen-bond acceptors (Lipinski definition) is 2. The maximum Gasteiger partial charge on any atom is 0.219 e. The number of alkyl halides is 1. The molecule has 0 aromatic rings. The van der Waals surface area contributed by atoms with Crippen LogP contribution in [0, 0.1) is 0 Å². The van der Waals surface area contributed by atoms with E-state index in [0.29, 0.717) is 13.0 Å². The van der Waals surface area contributed by atoms with Crippen LogP contribution in [0.2, 0.25) is 0 Å². The fourth-order valence-corrected chi connectivity index (χ4v) is 0.956. The molecule has 1 rings (SSSR count). The standard InChI is InChI=1S/C7H14FNO/c1-7(2,3)9-5-4-6(8)10-9/h6H,4-5H2,1-3H3. The maximum atomic E-state index is 12.4. The van der Waals surface area contributed by atoms with Crippen LogP contribution in [0.5, 0.6) is 0 Å². The third-order valence-electron chi connectivity index (χ3n) is 1.55. The number of hydrogen-bond donors (Lipinski definition) is 0. The first kappa shape index (κ1) is 7.95. The molecule has 1 atom stereocenters. The Morgan fingerprint density at radius 3 is 2.30 bits per heavy atom. The highest BCUT2D eigenvalue weighted by Crippen LogP contribution is 2.23. The average Bonchev–Trinajstić information content (AvgIpc) is 2.11. The van der Waals surface area contributed by atoms with Crippen LogP contribution < -0.4 is 0 Å². The summed E-state index contributed by atoms with van der Waals surface area (Å²) in [5.41, 5.74) is -0.0686. The van der Waals surface area contributed by atoms with Gasteiger partial charge in [-0.2, -0.15) is 5.06 Å². The molecular formula is C7H14FNO. The smallest absolute Gasteiger partial charge is 0.219 e. The number of halogens is 1. The van der Waals surface area contributed by atoms with E-state index in [2.05, 4.69) is 0 Å². The van der Waals surface area contributed by atoms with Crippen molar-refractivity contribution in [3.05, 3.63) is 0 Å². The molecule has 1 aliphatic heterocycles. The van der Waals surface area contributed by atoms with Gasteiger partial charge in [0, 0.05) is 18.5 Å². The van der Waals surface area contributed by atoms with Gasteiger partial charge >= 0.3 is 0 Å². The van der Waals surface area contributed by atoms with Crippen LogP contribution in [0.25, 0.3) is 0 Å². The minimum atomic E-state index is -1.08. The van der Waals surface area contributed by atoms with Crippen molar-refractivity contribution in [2.24, 2.45) is 0 Å². The lowest BCUT2D eigenvalue weighted by atomic mass is 10.1. The molecular weight excluding hydrogens is 133 g/mol. The first-order chi connectivity index (χ1) is 4.50. The lowest BCUT2D eigenvalue weighted by Crippen LogP contribution is -2.38. The van der Waals surface area contributed by atoms with E-state index < -0.39 is 6.36 Å². The minimum Gasteiger partial charge on any atom is -0.261 e. The molecule has 0 spiro atoms. The van der Waals surface area contributed by atoms with Gasteiger partial charge in [0.15, 0.2) is 0 Å². The van der Waals surface area contributed by atoms with Crippen LogP contribution >= 0.6 is 0 Å². The Balaban J connectivity index is 2.45. The normalized spacial score (nSPS) is 29.4. The molecule has 1 saturated heterocycles. The average molecular weight is 147 g/mol. The molecule has 1 fully saturated rings. The van der Waals surface area contributed by atoms with E-state index in [0.717, 1.165) is 0 Å². The van der Waals surface area contributed by atoms with Gasteiger partial charge in [-0.25, -0.2) is 4.39 Å². The number of hydroxylamine groups is 2.